The standard InChI is InChI=1S/C15H9F3S/c16-15(17,18)19-13-9-5-4-8-12(13)10-14(19)11-6-2-1-3-7-11/h1-2,4-10H. The Kier molecular flexibility index (Phi) is 2.82. The van der Waals surface area contributed by atoms with Gasteiger partial charge in [0.15, 0.2) is 4.70 Å². The van der Waals surface area contributed by atoms with Crippen molar-refractivity contribution in [3.05, 3.63) is 60.7 Å². The van der Waals surface area contributed by atoms with Gasteiger partial charge in [-0.3, -0.25) is 0 Å². The van der Waals surface area contributed by atoms with Crippen LogP contribution in [-0.4, -0.2) is 0 Å². The van der Waals surface area contributed by atoms with Gasteiger partial charge in [0.2, 0.25) is 0 Å². The molecule has 0 fully saturated rings. The SMILES string of the molecule is FC(F)(F)[s+]1c(-c2c[c-]ccc2)cc2ccccc21. The molecule has 1 aromatic heterocycles. The molecule has 0 aliphatic rings. The molecule has 0 aliphatic heterocycles. The summed E-state index contributed by atoms with van der Waals surface area (Å²) in [4.78, 5) is 0.325. The number of hydrogen-bond donors (Lipinski definition) is 0. The number of halogens is 3. The second-order valence-electron chi connectivity index (χ2n) is 4.09. The van der Waals surface area contributed by atoms with Gasteiger partial charge < -0.3 is 0 Å². The van der Waals surface area contributed by atoms with E-state index in [1.165, 1.54) is 0 Å². The fourth-order valence-corrected chi connectivity index (χ4v) is 4.02. The monoisotopic (exact) mass is 278 g/mol. The molecular weight excluding hydrogens is 269 g/mol. The average molecular weight is 278 g/mol. The molecule has 96 valence electrons. The van der Waals surface area contributed by atoms with Crippen molar-refractivity contribution in [1.29, 1.82) is 0 Å². The zero-order chi connectivity index (χ0) is 13.5. The smallest absolute Gasteiger partial charge is 0.183 e. The third kappa shape index (κ3) is 2.12. The van der Waals surface area contributed by atoms with Gasteiger partial charge in [0, 0.05) is 5.39 Å². The van der Waals surface area contributed by atoms with Gasteiger partial charge in [0.25, 0.3) is 0 Å². The molecule has 0 aliphatic carbocycles. The minimum Gasteiger partial charge on any atom is -0.183 e. The van der Waals surface area contributed by atoms with Gasteiger partial charge in [-0.25, -0.2) is 0 Å². The molecule has 1 unspecified atom stereocenters. The molecule has 0 N–H and O–H groups in total. The molecule has 0 amide bonds. The van der Waals surface area contributed by atoms with Gasteiger partial charge in [-0.05, 0) is 18.2 Å². The summed E-state index contributed by atoms with van der Waals surface area (Å²) in [6.07, 6.45) is 0. The van der Waals surface area contributed by atoms with Crippen LogP contribution in [0.3, 0.4) is 0 Å². The molecule has 19 heavy (non-hydrogen) atoms. The third-order valence-electron chi connectivity index (χ3n) is 2.87. The lowest BCUT2D eigenvalue weighted by molar-refractivity contribution is -0.0864. The van der Waals surface area contributed by atoms with Gasteiger partial charge in [-0.15, -0.1) is 13.2 Å². The van der Waals surface area contributed by atoms with E-state index in [1.807, 2.05) is 0 Å². The quantitative estimate of drug-likeness (QED) is 0.405. The van der Waals surface area contributed by atoms with Crippen LogP contribution < -0.4 is 0 Å². The first-order valence-corrected chi connectivity index (χ1v) is 6.88. The Hall–Kier alpha value is -1.81. The lowest BCUT2D eigenvalue weighted by Gasteiger charge is -2.04. The highest BCUT2D eigenvalue weighted by Gasteiger charge is 2.47. The molecule has 3 aromatic rings. The maximum absolute atomic E-state index is 13.3. The average Bonchev–Trinajstić information content (AvgIpc) is 2.79. The molecular formula is C15H9F3S. The maximum Gasteiger partial charge on any atom is 0.600 e. The first kappa shape index (κ1) is 12.2. The topological polar surface area (TPSA) is 0 Å². The zero-order valence-corrected chi connectivity index (χ0v) is 10.6. The van der Waals surface area contributed by atoms with Crippen LogP contribution in [0.15, 0.2) is 54.6 Å². The van der Waals surface area contributed by atoms with Gasteiger partial charge in [0.05, 0.1) is 10.5 Å². The van der Waals surface area contributed by atoms with E-state index in [0.29, 0.717) is 20.5 Å². The molecule has 0 radical (unpaired) electrons. The highest BCUT2D eigenvalue weighted by molar-refractivity contribution is 7.41. The summed E-state index contributed by atoms with van der Waals surface area (Å²) in [6.45, 7) is 0. The Morgan fingerprint density at radius 2 is 1.79 bits per heavy atom. The Morgan fingerprint density at radius 3 is 2.47 bits per heavy atom. The van der Waals surface area contributed by atoms with Crippen LogP contribution in [0.2, 0.25) is 0 Å². The van der Waals surface area contributed by atoms with Gasteiger partial charge in [0.1, 0.15) is 4.88 Å². The van der Waals surface area contributed by atoms with Crippen LogP contribution in [0.25, 0.3) is 20.5 Å². The molecule has 2 aromatic carbocycles. The van der Waals surface area contributed by atoms with E-state index in [-0.39, 0.29) is 0 Å². The van der Waals surface area contributed by atoms with Crippen molar-refractivity contribution < 1.29 is 13.2 Å². The molecule has 3 rings (SSSR count). The van der Waals surface area contributed by atoms with Crippen LogP contribution in [0.5, 0.6) is 0 Å². The molecule has 1 atom stereocenters. The van der Waals surface area contributed by atoms with E-state index in [1.54, 1.807) is 54.6 Å². The Bertz CT molecular complexity index is 711. The number of benzene rings is 2. The van der Waals surface area contributed by atoms with E-state index >= 15 is 0 Å². The van der Waals surface area contributed by atoms with Crippen molar-refractivity contribution in [2.75, 3.05) is 0 Å². The van der Waals surface area contributed by atoms with Crippen molar-refractivity contribution in [3.8, 4) is 10.4 Å². The number of alkyl halides is 3. The summed E-state index contributed by atoms with van der Waals surface area (Å²) >= 11 is 0. The van der Waals surface area contributed by atoms with Crippen LogP contribution in [-0.2, 0) is 5.51 Å². The first-order chi connectivity index (χ1) is 9.07. The maximum atomic E-state index is 13.3. The zero-order valence-electron chi connectivity index (χ0n) is 9.74. The van der Waals surface area contributed by atoms with Crippen molar-refractivity contribution >= 4 is 20.6 Å². The second kappa shape index (κ2) is 4.38. The predicted octanol–water partition coefficient (Wildman–Crippen LogP) is 5.53. The van der Waals surface area contributed by atoms with Crippen LogP contribution in [0.1, 0.15) is 0 Å². The molecule has 1 heterocycles. The van der Waals surface area contributed by atoms with E-state index in [4.69, 9.17) is 0 Å². The number of rotatable bonds is 1. The second-order valence-corrected chi connectivity index (χ2v) is 6.05. The highest BCUT2D eigenvalue weighted by atomic mass is 32.2. The van der Waals surface area contributed by atoms with E-state index in [9.17, 15) is 13.2 Å². The van der Waals surface area contributed by atoms with Crippen LogP contribution in [0.4, 0.5) is 13.2 Å². The summed E-state index contributed by atoms with van der Waals surface area (Å²) in [7, 11) is -1.87. The van der Waals surface area contributed by atoms with Gasteiger partial charge >= 0.3 is 5.51 Å². The highest BCUT2D eigenvalue weighted by Crippen LogP contribution is 2.54. The summed E-state index contributed by atoms with van der Waals surface area (Å²) in [5, 5.41) is 0.655. The van der Waals surface area contributed by atoms with Crippen molar-refractivity contribution in [2.45, 2.75) is 5.51 Å². The first-order valence-electron chi connectivity index (χ1n) is 5.66. The minimum atomic E-state index is -4.26. The molecule has 0 nitrogen and oxygen atoms in total. The lowest BCUT2D eigenvalue weighted by Crippen LogP contribution is -1.96. The summed E-state index contributed by atoms with van der Waals surface area (Å²) in [6, 6.07) is 17.8. The fraction of sp³-hybridized carbons (Fsp3) is 0.0667. The van der Waals surface area contributed by atoms with Crippen molar-refractivity contribution in [3.63, 3.8) is 0 Å². The van der Waals surface area contributed by atoms with Gasteiger partial charge in [-0.2, -0.15) is 30.3 Å². The molecule has 0 spiro atoms. The summed E-state index contributed by atoms with van der Waals surface area (Å²) < 4.78 is 40.4. The van der Waals surface area contributed by atoms with Crippen LogP contribution >= 0.6 is 10.5 Å². The van der Waals surface area contributed by atoms with E-state index < -0.39 is 16.0 Å². The molecule has 0 saturated heterocycles. The van der Waals surface area contributed by atoms with E-state index in [0.717, 1.165) is 0 Å². The largest absolute Gasteiger partial charge is 0.600 e. The Balaban J connectivity index is 2.36. The fourth-order valence-electron chi connectivity index (χ4n) is 2.10. The number of thiophene rings is 1. The minimum absolute atomic E-state index is 0.325. The van der Waals surface area contributed by atoms with Crippen molar-refractivity contribution in [1.82, 2.24) is 0 Å². The molecule has 0 saturated carbocycles. The number of fused-ring (bicyclic) bond motifs is 1. The lowest BCUT2D eigenvalue weighted by atomic mass is 10.2. The normalized spacial score (nSPS) is 12.9. The summed E-state index contributed by atoms with van der Waals surface area (Å²) in [5.74, 6) is 0. The van der Waals surface area contributed by atoms with Crippen LogP contribution in [0, 0.1) is 6.07 Å². The van der Waals surface area contributed by atoms with Crippen molar-refractivity contribution in [2.24, 2.45) is 0 Å². The van der Waals surface area contributed by atoms with Gasteiger partial charge in [-0.1, -0.05) is 17.7 Å². The third-order valence-corrected chi connectivity index (χ3v) is 4.94. The Morgan fingerprint density at radius 1 is 1.00 bits per heavy atom. The number of hydrogen-bond acceptors (Lipinski definition) is 0. The molecule has 0 bridgehead atoms. The summed E-state index contributed by atoms with van der Waals surface area (Å²) in [5.41, 5.74) is -3.67. The predicted molar refractivity (Wildman–Crippen MR) is 72.0 cm³/mol. The van der Waals surface area contributed by atoms with E-state index in [2.05, 4.69) is 6.07 Å². The Labute approximate surface area is 111 Å². The molecule has 4 heteroatoms.